The minimum absolute atomic E-state index is 0.351. The summed E-state index contributed by atoms with van der Waals surface area (Å²) in [6.45, 7) is 2.41. The van der Waals surface area contributed by atoms with Gasteiger partial charge in [-0.1, -0.05) is 6.07 Å². The molecular weight excluding hydrogens is 272 g/mol. The van der Waals surface area contributed by atoms with Crippen molar-refractivity contribution < 1.29 is 4.74 Å². The van der Waals surface area contributed by atoms with Gasteiger partial charge in [-0.05, 0) is 24.3 Å². The highest BCUT2D eigenvalue weighted by atomic mass is 32.1. The summed E-state index contributed by atoms with van der Waals surface area (Å²) in [6, 6.07) is 6.46. The van der Waals surface area contributed by atoms with Crippen LogP contribution in [0, 0.1) is 0 Å². The summed E-state index contributed by atoms with van der Waals surface area (Å²) in [5, 5.41) is 8.79. The molecule has 2 N–H and O–H groups in total. The molecule has 1 atom stereocenters. The highest BCUT2D eigenvalue weighted by Gasteiger charge is 2.14. The van der Waals surface area contributed by atoms with E-state index in [4.69, 9.17) is 4.74 Å². The molecule has 1 aliphatic heterocycles. The van der Waals surface area contributed by atoms with Crippen molar-refractivity contribution in [3.63, 3.8) is 0 Å². The Bertz CT molecular complexity index is 526. The molecule has 20 heavy (non-hydrogen) atoms. The number of thiophene rings is 1. The van der Waals surface area contributed by atoms with E-state index in [9.17, 15) is 0 Å². The molecule has 1 aliphatic rings. The van der Waals surface area contributed by atoms with Gasteiger partial charge >= 0.3 is 0 Å². The second kappa shape index (κ2) is 6.67. The third-order valence-electron chi connectivity index (χ3n) is 3.20. The molecule has 0 aliphatic carbocycles. The fraction of sp³-hybridized carbons (Fsp3) is 0.429. The zero-order valence-electron chi connectivity index (χ0n) is 11.2. The molecule has 0 amide bonds. The molecule has 1 fully saturated rings. The van der Waals surface area contributed by atoms with Crippen LogP contribution in [0.1, 0.15) is 17.7 Å². The molecule has 0 spiro atoms. The number of hydrogen-bond acceptors (Lipinski definition) is 6. The lowest BCUT2D eigenvalue weighted by Crippen LogP contribution is -2.30. The van der Waals surface area contributed by atoms with Gasteiger partial charge in [0.05, 0.1) is 19.2 Å². The van der Waals surface area contributed by atoms with Gasteiger partial charge < -0.3 is 15.4 Å². The zero-order chi connectivity index (χ0) is 13.6. The molecular formula is C14H18N4OS. The maximum absolute atomic E-state index is 5.46. The Morgan fingerprint density at radius 1 is 1.35 bits per heavy atom. The van der Waals surface area contributed by atoms with Crippen LogP contribution in [0.3, 0.4) is 0 Å². The van der Waals surface area contributed by atoms with Crippen molar-refractivity contribution in [2.75, 3.05) is 23.8 Å². The number of rotatable bonds is 5. The fourth-order valence-electron chi connectivity index (χ4n) is 2.19. The summed E-state index contributed by atoms with van der Waals surface area (Å²) in [5.41, 5.74) is 0. The molecule has 3 heterocycles. The van der Waals surface area contributed by atoms with Gasteiger partial charge in [-0.25, -0.2) is 9.97 Å². The lowest BCUT2D eigenvalue weighted by atomic mass is 10.1. The number of hydrogen-bond donors (Lipinski definition) is 2. The molecule has 0 radical (unpaired) electrons. The molecule has 2 aromatic heterocycles. The number of ether oxygens (including phenoxy) is 1. The predicted molar refractivity (Wildman–Crippen MR) is 81.1 cm³/mol. The highest BCUT2D eigenvalue weighted by molar-refractivity contribution is 7.09. The predicted octanol–water partition coefficient (Wildman–Crippen LogP) is 2.74. The first-order valence-corrected chi connectivity index (χ1v) is 7.71. The number of aromatic nitrogens is 2. The normalized spacial score (nSPS) is 18.7. The third-order valence-corrected chi connectivity index (χ3v) is 4.08. The first-order valence-electron chi connectivity index (χ1n) is 6.83. The van der Waals surface area contributed by atoms with Crippen molar-refractivity contribution in [1.82, 2.24) is 9.97 Å². The van der Waals surface area contributed by atoms with Crippen LogP contribution in [0.5, 0.6) is 0 Å². The van der Waals surface area contributed by atoms with Crippen LogP contribution < -0.4 is 10.6 Å². The van der Waals surface area contributed by atoms with Gasteiger partial charge in [-0.3, -0.25) is 0 Å². The van der Waals surface area contributed by atoms with Crippen LogP contribution in [0.4, 0.5) is 11.6 Å². The van der Waals surface area contributed by atoms with Crippen molar-refractivity contribution in [3.05, 3.63) is 34.8 Å². The molecule has 5 nitrogen and oxygen atoms in total. The topological polar surface area (TPSA) is 59.1 Å². The van der Waals surface area contributed by atoms with Gasteiger partial charge in [0.1, 0.15) is 18.0 Å². The molecule has 1 saturated heterocycles. The van der Waals surface area contributed by atoms with Gasteiger partial charge in [-0.15, -0.1) is 11.3 Å². The Kier molecular flexibility index (Phi) is 4.45. The molecule has 106 valence electrons. The standard InChI is InChI=1S/C14H18N4OS/c1-3-11(9-19-5-1)18-14-7-13(16-10-17-14)15-8-12-4-2-6-20-12/h2,4,6-7,10-11H,1,3,5,8-9H2,(H2,15,16,17,18)/t11-/m1/s1. The van der Waals surface area contributed by atoms with Crippen LogP contribution in [-0.4, -0.2) is 29.2 Å². The Balaban J connectivity index is 1.57. The summed E-state index contributed by atoms with van der Waals surface area (Å²) in [5.74, 6) is 1.69. The van der Waals surface area contributed by atoms with E-state index in [2.05, 4.69) is 38.1 Å². The molecule has 0 bridgehead atoms. The van der Waals surface area contributed by atoms with Crippen LogP contribution in [0.15, 0.2) is 29.9 Å². The van der Waals surface area contributed by atoms with Crippen LogP contribution in [0.25, 0.3) is 0 Å². The average Bonchev–Trinajstić information content (AvgIpc) is 3.00. The van der Waals surface area contributed by atoms with Crippen LogP contribution in [0.2, 0.25) is 0 Å². The fourth-order valence-corrected chi connectivity index (χ4v) is 2.83. The smallest absolute Gasteiger partial charge is 0.131 e. The van der Waals surface area contributed by atoms with E-state index in [0.717, 1.165) is 44.2 Å². The zero-order valence-corrected chi connectivity index (χ0v) is 12.0. The Labute approximate surface area is 122 Å². The largest absolute Gasteiger partial charge is 0.379 e. The van der Waals surface area contributed by atoms with Crippen LogP contribution >= 0.6 is 11.3 Å². The van der Waals surface area contributed by atoms with E-state index in [1.54, 1.807) is 17.7 Å². The summed E-state index contributed by atoms with van der Waals surface area (Å²) < 4.78 is 5.46. The maximum Gasteiger partial charge on any atom is 0.131 e. The average molecular weight is 290 g/mol. The lowest BCUT2D eigenvalue weighted by Gasteiger charge is -2.23. The molecule has 0 aromatic carbocycles. The summed E-state index contributed by atoms with van der Waals surface area (Å²) in [4.78, 5) is 9.80. The van der Waals surface area contributed by atoms with Crippen molar-refractivity contribution in [2.24, 2.45) is 0 Å². The summed E-state index contributed by atoms with van der Waals surface area (Å²) in [6.07, 6.45) is 3.82. The quantitative estimate of drug-likeness (QED) is 0.886. The highest BCUT2D eigenvalue weighted by Crippen LogP contribution is 2.16. The molecule has 6 heteroatoms. The van der Waals surface area contributed by atoms with Crippen LogP contribution in [-0.2, 0) is 11.3 Å². The number of nitrogens with one attached hydrogen (secondary N) is 2. The van der Waals surface area contributed by atoms with Crippen molar-refractivity contribution in [1.29, 1.82) is 0 Å². The van der Waals surface area contributed by atoms with Gasteiger partial charge in [0.25, 0.3) is 0 Å². The van der Waals surface area contributed by atoms with Crippen molar-refractivity contribution in [2.45, 2.75) is 25.4 Å². The van der Waals surface area contributed by atoms with E-state index in [1.807, 2.05) is 6.07 Å². The summed E-state index contributed by atoms with van der Waals surface area (Å²) in [7, 11) is 0. The van der Waals surface area contributed by atoms with E-state index in [-0.39, 0.29) is 0 Å². The van der Waals surface area contributed by atoms with E-state index >= 15 is 0 Å². The molecule has 2 aromatic rings. The Morgan fingerprint density at radius 3 is 3.10 bits per heavy atom. The number of anilines is 2. The van der Waals surface area contributed by atoms with E-state index in [1.165, 1.54) is 4.88 Å². The monoisotopic (exact) mass is 290 g/mol. The lowest BCUT2D eigenvalue weighted by molar-refractivity contribution is 0.0875. The second-order valence-electron chi connectivity index (χ2n) is 4.78. The maximum atomic E-state index is 5.46. The molecule has 0 unspecified atom stereocenters. The van der Waals surface area contributed by atoms with Crippen molar-refractivity contribution in [3.8, 4) is 0 Å². The third kappa shape index (κ3) is 3.68. The Morgan fingerprint density at radius 2 is 2.30 bits per heavy atom. The second-order valence-corrected chi connectivity index (χ2v) is 5.81. The molecule has 3 rings (SSSR count). The first kappa shape index (κ1) is 13.3. The van der Waals surface area contributed by atoms with Gasteiger partial charge in [0.2, 0.25) is 0 Å². The van der Waals surface area contributed by atoms with E-state index < -0.39 is 0 Å². The van der Waals surface area contributed by atoms with E-state index in [0.29, 0.717) is 6.04 Å². The minimum Gasteiger partial charge on any atom is -0.379 e. The van der Waals surface area contributed by atoms with Gasteiger partial charge in [0, 0.05) is 17.6 Å². The van der Waals surface area contributed by atoms with Crippen molar-refractivity contribution >= 4 is 23.0 Å². The molecule has 0 saturated carbocycles. The van der Waals surface area contributed by atoms with Gasteiger partial charge in [0.15, 0.2) is 0 Å². The first-order chi connectivity index (χ1) is 9.90. The SMILES string of the molecule is c1csc(CNc2cc(N[C@@H]3CCCOC3)ncn2)c1. The van der Waals surface area contributed by atoms with Gasteiger partial charge in [-0.2, -0.15) is 0 Å². The number of nitrogens with zero attached hydrogens (tertiary/aromatic N) is 2. The summed E-state index contributed by atoms with van der Waals surface area (Å²) >= 11 is 1.74. The Hall–Kier alpha value is -1.66. The minimum atomic E-state index is 0.351.